The maximum atomic E-state index is 13.1. The molecule has 2 N–H and O–H groups in total. The predicted octanol–water partition coefficient (Wildman–Crippen LogP) is 4.00. The number of alkyl halides is 3. The molecule has 0 spiro atoms. The van der Waals surface area contributed by atoms with Gasteiger partial charge in [0.1, 0.15) is 11.6 Å². The highest BCUT2D eigenvalue weighted by atomic mass is 19.4. The molecular weight excluding hydrogens is 389 g/mol. The highest BCUT2D eigenvalue weighted by molar-refractivity contribution is 5.75. The molecule has 1 heterocycles. The Bertz CT molecular complexity index is 1060. The predicted molar refractivity (Wildman–Crippen MR) is 95.9 cm³/mol. The van der Waals surface area contributed by atoms with Crippen LogP contribution in [0.25, 0.3) is 5.57 Å². The number of allylic oxidation sites excluding steroid dienone is 1. The van der Waals surface area contributed by atoms with Crippen molar-refractivity contribution in [2.45, 2.75) is 6.18 Å². The molecule has 0 amide bonds. The molecular formula is C18H13F3N6O2. The average molecular weight is 402 g/mol. The van der Waals surface area contributed by atoms with Crippen molar-refractivity contribution in [1.29, 1.82) is 5.26 Å². The van der Waals surface area contributed by atoms with E-state index in [2.05, 4.69) is 25.9 Å². The molecule has 148 valence electrons. The molecule has 0 bridgehead atoms. The summed E-state index contributed by atoms with van der Waals surface area (Å²) in [5.41, 5.74) is -0.958. The van der Waals surface area contributed by atoms with Crippen LogP contribution >= 0.6 is 0 Å². The number of aromatic nitrogens is 4. The van der Waals surface area contributed by atoms with Crippen molar-refractivity contribution in [2.75, 3.05) is 12.4 Å². The summed E-state index contributed by atoms with van der Waals surface area (Å²) in [6.07, 6.45) is -3.40. The van der Waals surface area contributed by atoms with Crippen molar-refractivity contribution in [3.8, 4) is 23.3 Å². The van der Waals surface area contributed by atoms with E-state index in [4.69, 9.17) is 9.47 Å². The number of nitriles is 1. The number of benzene rings is 2. The van der Waals surface area contributed by atoms with E-state index in [1.807, 2.05) is 6.07 Å². The third-order valence-corrected chi connectivity index (χ3v) is 3.67. The van der Waals surface area contributed by atoms with E-state index >= 15 is 0 Å². The normalized spacial score (nSPS) is 11.6. The van der Waals surface area contributed by atoms with Crippen molar-refractivity contribution in [3.05, 3.63) is 60.1 Å². The van der Waals surface area contributed by atoms with E-state index in [9.17, 15) is 18.4 Å². The van der Waals surface area contributed by atoms with Gasteiger partial charge in [0.15, 0.2) is 17.2 Å². The van der Waals surface area contributed by atoms with Crippen LogP contribution in [0.2, 0.25) is 0 Å². The minimum atomic E-state index is -4.56. The van der Waals surface area contributed by atoms with Gasteiger partial charge in [0.25, 0.3) is 0 Å². The fraction of sp³-hybridized carbons (Fsp3) is 0.111. The smallest absolute Gasteiger partial charge is 0.416 e. The number of methoxy groups -OCH3 is 1. The van der Waals surface area contributed by atoms with Gasteiger partial charge in [0.05, 0.1) is 18.4 Å². The van der Waals surface area contributed by atoms with E-state index in [-0.39, 0.29) is 22.8 Å². The number of nitrogens with zero attached hydrogens (tertiary/aromatic N) is 4. The first-order valence-electron chi connectivity index (χ1n) is 8.05. The topological polar surface area (TPSA) is 109 Å². The fourth-order valence-corrected chi connectivity index (χ4v) is 2.30. The number of hydrogen-bond donors (Lipinski definition) is 2. The van der Waals surface area contributed by atoms with E-state index < -0.39 is 11.7 Å². The number of para-hydroxylation sites is 2. The number of halogens is 3. The fourth-order valence-electron chi connectivity index (χ4n) is 2.30. The lowest BCUT2D eigenvalue weighted by Gasteiger charge is -2.15. The molecule has 0 aliphatic carbocycles. The van der Waals surface area contributed by atoms with Crippen LogP contribution < -0.4 is 14.8 Å². The second kappa shape index (κ2) is 8.30. The van der Waals surface area contributed by atoms with Gasteiger partial charge in [-0.05, 0) is 35.5 Å². The molecule has 0 fully saturated rings. The number of ether oxygens (including phenoxy) is 2. The Labute approximate surface area is 162 Å². The number of tetrazole rings is 1. The Morgan fingerprint density at radius 1 is 1.17 bits per heavy atom. The Balaban J connectivity index is 1.99. The van der Waals surface area contributed by atoms with Crippen molar-refractivity contribution >= 4 is 11.3 Å². The van der Waals surface area contributed by atoms with Gasteiger partial charge in [-0.1, -0.05) is 12.1 Å². The maximum absolute atomic E-state index is 13.1. The second-order valence-corrected chi connectivity index (χ2v) is 5.51. The van der Waals surface area contributed by atoms with Gasteiger partial charge >= 0.3 is 6.18 Å². The SMILES string of the molecule is COc1ccccc1Oc1ccc(C(F)(F)F)cc1NC=C(C#N)c1nn[nH]n1. The summed E-state index contributed by atoms with van der Waals surface area (Å²) in [6, 6.07) is 11.4. The molecule has 0 saturated heterocycles. The summed E-state index contributed by atoms with van der Waals surface area (Å²) in [6.45, 7) is 0. The van der Waals surface area contributed by atoms with Crippen molar-refractivity contribution in [2.24, 2.45) is 0 Å². The molecule has 3 rings (SSSR count). The van der Waals surface area contributed by atoms with Crippen LogP contribution in [0.4, 0.5) is 18.9 Å². The zero-order chi connectivity index (χ0) is 20.9. The molecule has 11 heteroatoms. The standard InChI is InChI=1S/C18H13F3N6O2/c1-28-15-4-2-3-5-16(15)29-14-7-6-12(18(19,20)21)8-13(14)23-10-11(9-22)17-24-26-27-25-17/h2-8,10,23H,1H3,(H,24,25,26,27). The van der Waals surface area contributed by atoms with Crippen LogP contribution in [0, 0.1) is 11.3 Å². The first kappa shape index (κ1) is 19.7. The third kappa shape index (κ3) is 4.62. The number of H-pyrrole nitrogens is 1. The van der Waals surface area contributed by atoms with Gasteiger partial charge < -0.3 is 14.8 Å². The minimum absolute atomic E-state index is 0.0147. The summed E-state index contributed by atoms with van der Waals surface area (Å²) in [4.78, 5) is 0. The molecule has 3 aromatic rings. The maximum Gasteiger partial charge on any atom is 0.416 e. The van der Waals surface area contributed by atoms with Gasteiger partial charge in [-0.3, -0.25) is 0 Å². The molecule has 1 aromatic heterocycles. The Morgan fingerprint density at radius 3 is 2.55 bits per heavy atom. The van der Waals surface area contributed by atoms with Crippen molar-refractivity contribution in [3.63, 3.8) is 0 Å². The van der Waals surface area contributed by atoms with Crippen LogP contribution in [0.1, 0.15) is 11.4 Å². The lowest BCUT2D eigenvalue weighted by atomic mass is 10.1. The lowest BCUT2D eigenvalue weighted by molar-refractivity contribution is -0.137. The van der Waals surface area contributed by atoms with Crippen LogP contribution in [0.15, 0.2) is 48.7 Å². The van der Waals surface area contributed by atoms with Gasteiger partial charge in [-0.2, -0.15) is 23.6 Å². The van der Waals surface area contributed by atoms with E-state index in [0.717, 1.165) is 18.3 Å². The highest BCUT2D eigenvalue weighted by Crippen LogP contribution is 2.39. The summed E-state index contributed by atoms with van der Waals surface area (Å²) in [5, 5.41) is 24.7. The Morgan fingerprint density at radius 2 is 1.93 bits per heavy atom. The van der Waals surface area contributed by atoms with Crippen LogP contribution in [0.3, 0.4) is 0 Å². The number of rotatable bonds is 6. The van der Waals surface area contributed by atoms with Gasteiger partial charge in [0.2, 0.25) is 5.82 Å². The third-order valence-electron chi connectivity index (χ3n) is 3.67. The van der Waals surface area contributed by atoms with Gasteiger partial charge in [-0.25, -0.2) is 0 Å². The van der Waals surface area contributed by atoms with Crippen molar-refractivity contribution < 1.29 is 22.6 Å². The Kier molecular flexibility index (Phi) is 5.64. The van der Waals surface area contributed by atoms with Crippen molar-refractivity contribution in [1.82, 2.24) is 20.6 Å². The van der Waals surface area contributed by atoms with Crippen LogP contribution in [0.5, 0.6) is 17.2 Å². The second-order valence-electron chi connectivity index (χ2n) is 5.51. The lowest BCUT2D eigenvalue weighted by Crippen LogP contribution is -2.06. The number of aromatic amines is 1. The molecule has 8 nitrogen and oxygen atoms in total. The molecule has 0 atom stereocenters. The average Bonchev–Trinajstić information content (AvgIpc) is 3.23. The molecule has 0 unspecified atom stereocenters. The van der Waals surface area contributed by atoms with E-state index in [1.165, 1.54) is 13.2 Å². The van der Waals surface area contributed by atoms with Gasteiger partial charge in [0, 0.05) is 6.20 Å². The van der Waals surface area contributed by atoms with Gasteiger partial charge in [-0.15, -0.1) is 10.2 Å². The van der Waals surface area contributed by atoms with E-state index in [1.54, 1.807) is 24.3 Å². The van der Waals surface area contributed by atoms with Crippen LogP contribution in [-0.4, -0.2) is 27.7 Å². The van der Waals surface area contributed by atoms with E-state index in [0.29, 0.717) is 11.5 Å². The summed E-state index contributed by atoms with van der Waals surface area (Å²) >= 11 is 0. The molecule has 2 aromatic carbocycles. The zero-order valence-corrected chi connectivity index (χ0v) is 14.9. The largest absolute Gasteiger partial charge is 0.493 e. The van der Waals surface area contributed by atoms with Crippen LogP contribution in [-0.2, 0) is 6.18 Å². The zero-order valence-electron chi connectivity index (χ0n) is 14.9. The molecule has 0 radical (unpaired) electrons. The first-order valence-corrected chi connectivity index (χ1v) is 8.05. The monoisotopic (exact) mass is 402 g/mol. The quantitative estimate of drug-likeness (QED) is 0.600. The summed E-state index contributed by atoms with van der Waals surface area (Å²) < 4.78 is 50.4. The molecule has 0 aliphatic rings. The number of hydrogen-bond acceptors (Lipinski definition) is 7. The number of anilines is 1. The minimum Gasteiger partial charge on any atom is -0.493 e. The molecule has 29 heavy (non-hydrogen) atoms. The first-order chi connectivity index (χ1) is 13.9. The Hall–Kier alpha value is -4.07. The highest BCUT2D eigenvalue weighted by Gasteiger charge is 2.31. The summed E-state index contributed by atoms with van der Waals surface area (Å²) in [7, 11) is 1.45. The molecule has 0 aliphatic heterocycles. The number of nitrogens with one attached hydrogen (secondary N) is 2. The molecule has 0 saturated carbocycles. The summed E-state index contributed by atoms with van der Waals surface area (Å²) in [5.74, 6) is 0.780.